The van der Waals surface area contributed by atoms with Crippen LogP contribution in [0.4, 0.5) is 0 Å². The summed E-state index contributed by atoms with van der Waals surface area (Å²) < 4.78 is 19.5. The van der Waals surface area contributed by atoms with E-state index in [1.54, 1.807) is 0 Å². The minimum Gasteiger partial charge on any atom is -0.317 e. The van der Waals surface area contributed by atoms with Crippen molar-refractivity contribution in [3.8, 4) is 78.9 Å². The number of para-hydroxylation sites is 9. The fourth-order valence-corrected chi connectivity index (χ4v) is 22.2. The number of rotatable bonds is 7. The van der Waals surface area contributed by atoms with E-state index >= 15 is 0 Å². The summed E-state index contributed by atoms with van der Waals surface area (Å²) in [7, 11) is 0. The van der Waals surface area contributed by atoms with Crippen molar-refractivity contribution in [1.29, 1.82) is 0 Å². The van der Waals surface area contributed by atoms with Crippen LogP contribution in [-0.2, 0) is 21.7 Å². The van der Waals surface area contributed by atoms with E-state index in [1.165, 1.54) is 211 Å². The molecule has 0 N–H and O–H groups in total. The highest BCUT2D eigenvalue weighted by Gasteiger charge is 2.44. The minimum atomic E-state index is -0.0818. The zero-order valence-electron chi connectivity index (χ0n) is 71.8. The van der Waals surface area contributed by atoms with Crippen molar-refractivity contribution in [2.45, 2.75) is 77.0 Å². The van der Waals surface area contributed by atoms with Gasteiger partial charge in [-0.15, -0.1) is 0 Å². The number of aromatic nitrogens is 8. The van der Waals surface area contributed by atoms with Crippen LogP contribution in [-0.4, -0.2) is 36.5 Å². The maximum absolute atomic E-state index is 2.46. The molecule has 4 aliphatic heterocycles. The van der Waals surface area contributed by atoms with Crippen molar-refractivity contribution in [3.63, 3.8) is 0 Å². The highest BCUT2D eigenvalue weighted by atomic mass is 15.1. The summed E-state index contributed by atoms with van der Waals surface area (Å²) in [6.07, 6.45) is 9.37. The molecule has 0 fully saturated rings. The summed E-state index contributed by atoms with van der Waals surface area (Å²) in [5.41, 5.74) is 38.5. The topological polar surface area (TPSA) is 39.4 Å². The molecule has 4 aliphatic rings. The Labute approximate surface area is 732 Å². The molecular weight excluding hydrogens is 1530 g/mol. The zero-order chi connectivity index (χ0) is 84.6. The van der Waals surface area contributed by atoms with Crippen LogP contribution in [0.1, 0.15) is 100 Å². The Morgan fingerprint density at radius 3 is 0.683 bits per heavy atom. The van der Waals surface area contributed by atoms with Crippen LogP contribution in [0.2, 0.25) is 0 Å². The quantitative estimate of drug-likeness (QED) is 0.153. The van der Waals surface area contributed by atoms with Crippen molar-refractivity contribution in [3.05, 3.63) is 458 Å². The Bertz CT molecular complexity index is 8020. The first-order chi connectivity index (χ1) is 61.6. The van der Waals surface area contributed by atoms with E-state index in [0.29, 0.717) is 0 Å². The Morgan fingerprint density at radius 1 is 0.167 bits per heavy atom. The van der Waals surface area contributed by atoms with E-state index in [1.807, 2.05) is 0 Å². The first kappa shape index (κ1) is 74.5. The van der Waals surface area contributed by atoms with E-state index in [4.69, 9.17) is 0 Å². The number of benzene rings is 15. The largest absolute Gasteiger partial charge is 0.317 e. The van der Waals surface area contributed by atoms with Gasteiger partial charge in [0.05, 0.1) is 66.9 Å². The summed E-state index contributed by atoms with van der Waals surface area (Å²) in [4.78, 5) is 0. The highest BCUT2D eigenvalue weighted by molar-refractivity contribution is 6.16. The van der Waals surface area contributed by atoms with Crippen LogP contribution < -0.4 is 0 Å². The van der Waals surface area contributed by atoms with Crippen LogP contribution in [0.5, 0.6) is 0 Å². The van der Waals surface area contributed by atoms with Gasteiger partial charge in [-0.3, -0.25) is 0 Å². The summed E-state index contributed by atoms with van der Waals surface area (Å²) in [6.45, 7) is 18.8. The lowest BCUT2D eigenvalue weighted by Gasteiger charge is -2.21. The molecule has 27 rings (SSSR count). The average molecular weight is 1620 g/mol. The molecule has 0 unspecified atom stereocenters. The maximum atomic E-state index is 2.46. The molecule has 0 amide bonds. The van der Waals surface area contributed by atoms with E-state index in [2.05, 4.69) is 505 Å². The molecule has 0 saturated heterocycles. The van der Waals surface area contributed by atoms with Gasteiger partial charge in [-0.05, 0) is 159 Å². The van der Waals surface area contributed by atoms with E-state index in [9.17, 15) is 0 Å². The first-order valence-electron chi connectivity index (χ1n) is 44.1. The second-order valence-corrected chi connectivity index (χ2v) is 36.5. The Kier molecular flexibility index (Phi) is 16.6. The van der Waals surface area contributed by atoms with Crippen molar-refractivity contribution >= 4 is 87.2 Å². The Hall–Kier alpha value is -15.4. The molecule has 8 aromatic heterocycles. The van der Waals surface area contributed by atoms with Crippen molar-refractivity contribution in [2.75, 3.05) is 0 Å². The normalized spacial score (nSPS) is 14.1. The van der Waals surface area contributed by atoms with Crippen molar-refractivity contribution in [1.82, 2.24) is 36.5 Å². The number of hydrogen-bond acceptors (Lipinski definition) is 0. The third-order valence-electron chi connectivity index (χ3n) is 28.0. The van der Waals surface area contributed by atoms with Gasteiger partial charge in [0.15, 0.2) is 0 Å². The van der Waals surface area contributed by atoms with Crippen LogP contribution in [0, 0.1) is 0 Å². The van der Waals surface area contributed by atoms with Crippen LogP contribution >= 0.6 is 0 Å². The van der Waals surface area contributed by atoms with Crippen molar-refractivity contribution < 1.29 is 0 Å². The molecule has 0 atom stereocenters. The lowest BCUT2D eigenvalue weighted by molar-refractivity contribution is 0.646. The average Bonchev–Trinajstić information content (AvgIpc) is 1.54. The van der Waals surface area contributed by atoms with Gasteiger partial charge in [0, 0.05) is 135 Å². The molecule has 604 valence electrons. The summed E-state index contributed by atoms with van der Waals surface area (Å²) in [6, 6.07) is 140. The first-order valence-corrected chi connectivity index (χ1v) is 44.1. The number of fused-ring (bicyclic) bond motifs is 28. The van der Waals surface area contributed by atoms with E-state index in [-0.39, 0.29) is 21.7 Å². The lowest BCUT2D eigenvalue weighted by Crippen LogP contribution is -2.16. The van der Waals surface area contributed by atoms with Crippen molar-refractivity contribution in [2.24, 2.45) is 0 Å². The molecular formula is C118H92N8. The molecule has 126 heavy (non-hydrogen) atoms. The predicted octanol–water partition coefficient (Wildman–Crippen LogP) is 29.9. The number of nitrogens with zero attached hydrogens (tertiary/aromatic N) is 8. The maximum Gasteiger partial charge on any atom is 0.0763 e. The molecule has 0 saturated carbocycles. The molecule has 12 heterocycles. The fraction of sp³-hybridized carbons (Fsp3) is 0.102. The summed E-state index contributed by atoms with van der Waals surface area (Å²) in [5, 5.41) is 10.5. The molecule has 8 nitrogen and oxygen atoms in total. The molecule has 0 radical (unpaired) electrons. The van der Waals surface area contributed by atoms with Gasteiger partial charge in [0.1, 0.15) is 0 Å². The fourth-order valence-electron chi connectivity index (χ4n) is 22.2. The summed E-state index contributed by atoms with van der Waals surface area (Å²) >= 11 is 0. The second-order valence-electron chi connectivity index (χ2n) is 36.5. The van der Waals surface area contributed by atoms with Gasteiger partial charge in [-0.2, -0.15) is 0 Å². The van der Waals surface area contributed by atoms with E-state index in [0.717, 1.165) is 0 Å². The van der Waals surface area contributed by atoms with Gasteiger partial charge in [0.25, 0.3) is 0 Å². The Balaban J connectivity index is 0.0000000942. The predicted molar refractivity (Wildman–Crippen MR) is 525 cm³/mol. The second kappa shape index (κ2) is 28.1. The lowest BCUT2D eigenvalue weighted by atomic mass is 9.83. The zero-order valence-corrected chi connectivity index (χ0v) is 71.8. The third kappa shape index (κ3) is 11.0. The highest BCUT2D eigenvalue weighted by Crippen LogP contribution is 2.55. The molecule has 0 bridgehead atoms. The van der Waals surface area contributed by atoms with E-state index < -0.39 is 0 Å². The SMILES string of the molecule is CC1(C)c2ccccc2-n2cc3c4cc(-c5ccccc5)ccc4n(-c4ccccc4)c3c21.CC1(C)c2ccccc2-n2cc3c4ccccc4n(-c4ccc(-c5ccccc5)cc4)c3c21.CC1(C)c2ccccc2-n2cc3c4ccccc4n(-c4ccc(-c5ccccc5)cc4)c3c21.CC1(C)c2ccccc2-n2cc3c4ccccc4n(-c4ccccc4)c3c21. The smallest absolute Gasteiger partial charge is 0.0763 e. The van der Waals surface area contributed by atoms with Gasteiger partial charge < -0.3 is 36.5 Å². The van der Waals surface area contributed by atoms with Crippen LogP contribution in [0.15, 0.2) is 413 Å². The summed E-state index contributed by atoms with van der Waals surface area (Å²) in [5.74, 6) is 0. The standard InChI is InChI=1S/3C31H24N2.C25H20N2/c1-31(2)26-15-9-10-16-28(26)32-20-25-24-19-22(21-11-5-3-6-12-21)17-18-27(24)33(29(25)30(31)32)23-13-7-4-8-14-23;2*1-31(2)26-13-7-9-15-28(26)32-20-25-24-12-6-8-14-27(24)33(29(25)30(31)32)23-18-16-22(17-19-23)21-10-4-3-5-11-21;1-25(2)20-13-7-9-15-22(20)26-16-19-18-12-6-8-14-21(18)27(23(19)24(25)26)17-10-4-3-5-11-17/h3*3-20H,1-2H3;3-16H,1-2H3. The van der Waals surface area contributed by atoms with Crippen LogP contribution in [0.25, 0.3) is 166 Å². The van der Waals surface area contributed by atoms with Gasteiger partial charge in [-0.1, -0.05) is 341 Å². The molecule has 23 aromatic rings. The van der Waals surface area contributed by atoms with Crippen LogP contribution in [0.3, 0.4) is 0 Å². The minimum absolute atomic E-state index is 0.0424. The molecule has 0 spiro atoms. The molecule has 0 aliphatic carbocycles. The molecule has 15 aromatic carbocycles. The van der Waals surface area contributed by atoms with Gasteiger partial charge in [0.2, 0.25) is 0 Å². The van der Waals surface area contributed by atoms with Gasteiger partial charge in [-0.25, -0.2) is 0 Å². The Morgan fingerprint density at radius 2 is 0.381 bits per heavy atom. The number of hydrogen-bond donors (Lipinski definition) is 0. The monoisotopic (exact) mass is 1620 g/mol. The van der Waals surface area contributed by atoms with Gasteiger partial charge >= 0.3 is 0 Å². The third-order valence-corrected chi connectivity index (χ3v) is 28.0. The molecule has 8 heteroatoms.